The summed E-state index contributed by atoms with van der Waals surface area (Å²) in [6, 6.07) is 8.39. The molecule has 2 rings (SSSR count). The smallest absolute Gasteiger partial charge is 0.213 e. The molecule has 0 radical (unpaired) electrons. The van der Waals surface area contributed by atoms with Gasteiger partial charge >= 0.3 is 0 Å². The van der Waals surface area contributed by atoms with Gasteiger partial charge in [-0.15, -0.1) is 5.10 Å². The van der Waals surface area contributed by atoms with Crippen LogP contribution in [0.4, 0.5) is 0 Å². The molecular formula is C12H16N4S. The fraction of sp³-hybridized carbons (Fsp3) is 0.333. The lowest BCUT2D eigenvalue weighted by molar-refractivity contribution is 0.729. The van der Waals surface area contributed by atoms with Gasteiger partial charge in [0.25, 0.3) is 0 Å². The molecule has 0 bridgehead atoms. The number of aryl methyl sites for hydroxylation is 1. The molecule has 3 N–H and O–H groups in total. The van der Waals surface area contributed by atoms with Gasteiger partial charge in [0, 0.05) is 10.9 Å². The van der Waals surface area contributed by atoms with Crippen molar-refractivity contribution in [3.05, 3.63) is 35.7 Å². The number of nitrogens with two attached hydrogens (primary N) is 1. The topological polar surface area (TPSA) is 67.6 Å². The molecule has 0 saturated heterocycles. The first-order valence-electron chi connectivity index (χ1n) is 5.55. The Labute approximate surface area is 105 Å². The van der Waals surface area contributed by atoms with Gasteiger partial charge in [-0.25, -0.2) is 4.98 Å². The van der Waals surface area contributed by atoms with Crippen LogP contribution in [0, 0.1) is 6.92 Å². The molecule has 1 aromatic carbocycles. The number of rotatable bonds is 4. The standard InChI is InChI=1S/C12H16N4S/c1-8(13)7-10-5-3-4-6-11(10)17-12-14-9(2)15-16-12/h3-6,8H,7,13H2,1-2H3,(H,14,15,16). The molecule has 0 aliphatic heterocycles. The molecule has 1 unspecified atom stereocenters. The number of hydrogen-bond donors (Lipinski definition) is 2. The summed E-state index contributed by atoms with van der Waals surface area (Å²) in [7, 11) is 0. The fourth-order valence-electron chi connectivity index (χ4n) is 1.59. The van der Waals surface area contributed by atoms with Crippen molar-refractivity contribution >= 4 is 11.8 Å². The molecule has 0 spiro atoms. The molecule has 1 heterocycles. The largest absolute Gasteiger partial charge is 0.328 e. The van der Waals surface area contributed by atoms with Crippen LogP contribution in [-0.4, -0.2) is 21.2 Å². The molecule has 0 aliphatic rings. The summed E-state index contributed by atoms with van der Waals surface area (Å²) in [5.41, 5.74) is 7.09. The summed E-state index contributed by atoms with van der Waals surface area (Å²) in [5.74, 6) is 0.831. The second-order valence-electron chi connectivity index (χ2n) is 4.09. The predicted octanol–water partition coefficient (Wildman–Crippen LogP) is 2.15. The van der Waals surface area contributed by atoms with Gasteiger partial charge < -0.3 is 5.73 Å². The van der Waals surface area contributed by atoms with E-state index in [-0.39, 0.29) is 6.04 Å². The second kappa shape index (κ2) is 5.33. The first kappa shape index (κ1) is 12.1. The predicted molar refractivity (Wildman–Crippen MR) is 69.0 cm³/mol. The highest BCUT2D eigenvalue weighted by Crippen LogP contribution is 2.28. The SMILES string of the molecule is Cc1nc(Sc2ccccc2CC(C)N)n[nH]1. The first-order valence-corrected chi connectivity index (χ1v) is 6.37. The fourth-order valence-corrected chi connectivity index (χ4v) is 2.48. The molecular weight excluding hydrogens is 232 g/mol. The molecule has 1 atom stereocenters. The molecule has 0 amide bonds. The lowest BCUT2D eigenvalue weighted by Crippen LogP contribution is -2.18. The number of hydrogen-bond acceptors (Lipinski definition) is 4. The third kappa shape index (κ3) is 3.31. The lowest BCUT2D eigenvalue weighted by atomic mass is 10.1. The molecule has 2 aromatic rings. The number of nitrogens with zero attached hydrogens (tertiary/aromatic N) is 2. The van der Waals surface area contributed by atoms with Crippen molar-refractivity contribution in [2.24, 2.45) is 5.73 Å². The van der Waals surface area contributed by atoms with Crippen molar-refractivity contribution in [1.82, 2.24) is 15.2 Å². The summed E-state index contributed by atoms with van der Waals surface area (Å²) in [4.78, 5) is 5.46. The lowest BCUT2D eigenvalue weighted by Gasteiger charge is -2.09. The van der Waals surface area contributed by atoms with Gasteiger partial charge in [-0.2, -0.15) is 0 Å². The van der Waals surface area contributed by atoms with Gasteiger partial charge in [0.2, 0.25) is 5.16 Å². The first-order chi connectivity index (χ1) is 8.15. The Hall–Kier alpha value is -1.33. The summed E-state index contributed by atoms with van der Waals surface area (Å²) in [6.07, 6.45) is 0.868. The number of benzene rings is 1. The van der Waals surface area contributed by atoms with Crippen LogP contribution < -0.4 is 5.73 Å². The Morgan fingerprint density at radius 3 is 2.82 bits per heavy atom. The zero-order valence-corrected chi connectivity index (χ0v) is 10.8. The van der Waals surface area contributed by atoms with Crippen LogP contribution in [0.2, 0.25) is 0 Å². The molecule has 17 heavy (non-hydrogen) atoms. The van der Waals surface area contributed by atoms with E-state index in [9.17, 15) is 0 Å². The normalized spacial score (nSPS) is 12.6. The summed E-state index contributed by atoms with van der Waals surface area (Å²) in [5, 5.41) is 7.72. The maximum absolute atomic E-state index is 5.84. The van der Waals surface area contributed by atoms with Crippen LogP contribution in [0.3, 0.4) is 0 Å². The van der Waals surface area contributed by atoms with E-state index in [1.807, 2.05) is 26.0 Å². The summed E-state index contributed by atoms with van der Waals surface area (Å²) >= 11 is 1.57. The van der Waals surface area contributed by atoms with E-state index in [1.165, 1.54) is 10.5 Å². The zero-order valence-electron chi connectivity index (χ0n) is 9.97. The van der Waals surface area contributed by atoms with Crippen molar-refractivity contribution in [2.45, 2.75) is 36.4 Å². The van der Waals surface area contributed by atoms with Gasteiger partial charge in [-0.1, -0.05) is 18.2 Å². The molecule has 90 valence electrons. The van der Waals surface area contributed by atoms with Crippen molar-refractivity contribution in [2.75, 3.05) is 0 Å². The molecule has 1 aromatic heterocycles. The third-order valence-corrected chi connectivity index (χ3v) is 3.28. The Morgan fingerprint density at radius 2 is 2.18 bits per heavy atom. The van der Waals surface area contributed by atoms with E-state index in [4.69, 9.17) is 5.73 Å². The van der Waals surface area contributed by atoms with Crippen molar-refractivity contribution in [1.29, 1.82) is 0 Å². The van der Waals surface area contributed by atoms with Gasteiger partial charge in [-0.05, 0) is 43.7 Å². The Kier molecular flexibility index (Phi) is 3.81. The van der Waals surface area contributed by atoms with Crippen LogP contribution in [0.1, 0.15) is 18.3 Å². The summed E-state index contributed by atoms with van der Waals surface area (Å²) in [6.45, 7) is 3.91. The Bertz CT molecular complexity index is 493. The maximum atomic E-state index is 5.84. The zero-order chi connectivity index (χ0) is 12.3. The molecule has 0 aliphatic carbocycles. The van der Waals surface area contributed by atoms with Crippen LogP contribution >= 0.6 is 11.8 Å². The van der Waals surface area contributed by atoms with Gasteiger partial charge in [0.1, 0.15) is 5.82 Å². The number of H-pyrrole nitrogens is 1. The highest BCUT2D eigenvalue weighted by atomic mass is 32.2. The highest BCUT2D eigenvalue weighted by Gasteiger charge is 2.08. The van der Waals surface area contributed by atoms with E-state index in [0.717, 1.165) is 17.4 Å². The number of nitrogens with one attached hydrogen (secondary N) is 1. The van der Waals surface area contributed by atoms with E-state index < -0.39 is 0 Å². The average molecular weight is 248 g/mol. The average Bonchev–Trinajstić information content (AvgIpc) is 2.66. The maximum Gasteiger partial charge on any atom is 0.213 e. The van der Waals surface area contributed by atoms with Gasteiger partial charge in [0.05, 0.1) is 0 Å². The molecule has 5 heteroatoms. The van der Waals surface area contributed by atoms with Crippen molar-refractivity contribution < 1.29 is 0 Å². The number of aromatic nitrogens is 3. The van der Waals surface area contributed by atoms with Crippen LogP contribution in [0.25, 0.3) is 0 Å². The minimum atomic E-state index is 0.158. The summed E-state index contributed by atoms with van der Waals surface area (Å²) < 4.78 is 0. The Balaban J connectivity index is 2.20. The van der Waals surface area contributed by atoms with E-state index in [1.54, 1.807) is 11.8 Å². The van der Waals surface area contributed by atoms with E-state index in [2.05, 4.69) is 27.3 Å². The minimum absolute atomic E-state index is 0.158. The van der Waals surface area contributed by atoms with Crippen LogP contribution in [-0.2, 0) is 6.42 Å². The number of aromatic amines is 1. The van der Waals surface area contributed by atoms with Gasteiger partial charge in [-0.3, -0.25) is 5.10 Å². The van der Waals surface area contributed by atoms with E-state index in [0.29, 0.717) is 0 Å². The molecule has 4 nitrogen and oxygen atoms in total. The minimum Gasteiger partial charge on any atom is -0.328 e. The van der Waals surface area contributed by atoms with Crippen LogP contribution in [0.5, 0.6) is 0 Å². The quantitative estimate of drug-likeness (QED) is 0.870. The molecule has 0 fully saturated rings. The monoisotopic (exact) mass is 248 g/mol. The second-order valence-corrected chi connectivity index (χ2v) is 5.10. The van der Waals surface area contributed by atoms with E-state index >= 15 is 0 Å². The Morgan fingerprint density at radius 1 is 1.41 bits per heavy atom. The highest BCUT2D eigenvalue weighted by molar-refractivity contribution is 7.99. The van der Waals surface area contributed by atoms with Gasteiger partial charge in [0.15, 0.2) is 0 Å². The van der Waals surface area contributed by atoms with Crippen molar-refractivity contribution in [3.63, 3.8) is 0 Å². The third-order valence-electron chi connectivity index (χ3n) is 2.29. The van der Waals surface area contributed by atoms with Crippen molar-refractivity contribution in [3.8, 4) is 0 Å². The van der Waals surface area contributed by atoms with Crippen LogP contribution in [0.15, 0.2) is 34.3 Å². The molecule has 0 saturated carbocycles.